The van der Waals surface area contributed by atoms with Crippen LogP contribution in [0.25, 0.3) is 0 Å². The second-order valence-corrected chi connectivity index (χ2v) is 4.95. The molecule has 12 heavy (non-hydrogen) atoms. The zero-order valence-electron chi connectivity index (χ0n) is 6.65. The summed E-state index contributed by atoms with van der Waals surface area (Å²) in [4.78, 5) is 10.3. The highest BCUT2D eigenvalue weighted by Gasteiger charge is 2.33. The van der Waals surface area contributed by atoms with Crippen molar-refractivity contribution < 1.29 is 18.3 Å². The van der Waals surface area contributed by atoms with Gasteiger partial charge in [0.1, 0.15) is 0 Å². The Bertz CT molecular complexity index is 280. The molecule has 1 aliphatic carbocycles. The van der Waals surface area contributed by atoms with Gasteiger partial charge in [-0.1, -0.05) is 0 Å². The molecule has 70 valence electrons. The van der Waals surface area contributed by atoms with E-state index in [1.54, 1.807) is 0 Å². The topological polar surface area (TPSA) is 83.5 Å². The van der Waals surface area contributed by atoms with Crippen LogP contribution >= 0.6 is 0 Å². The van der Waals surface area contributed by atoms with Gasteiger partial charge in [-0.25, -0.2) is 13.1 Å². The molecule has 1 fully saturated rings. The summed E-state index contributed by atoms with van der Waals surface area (Å²) in [6.45, 7) is 1.16. The molecule has 0 aromatic heterocycles. The number of hydrogen-bond acceptors (Lipinski definition) is 3. The molecule has 0 saturated heterocycles. The molecule has 0 bridgehead atoms. The summed E-state index contributed by atoms with van der Waals surface area (Å²) < 4.78 is 24.6. The van der Waals surface area contributed by atoms with Crippen LogP contribution in [0.15, 0.2) is 0 Å². The van der Waals surface area contributed by atoms with E-state index in [4.69, 9.17) is 5.11 Å². The third kappa shape index (κ3) is 2.18. The van der Waals surface area contributed by atoms with Gasteiger partial charge in [-0.2, -0.15) is 0 Å². The van der Waals surface area contributed by atoms with Crippen molar-refractivity contribution in [1.82, 2.24) is 4.72 Å². The van der Waals surface area contributed by atoms with Gasteiger partial charge < -0.3 is 5.11 Å². The van der Waals surface area contributed by atoms with Gasteiger partial charge in [0.05, 0.1) is 0 Å². The summed E-state index contributed by atoms with van der Waals surface area (Å²) in [6.07, 6.45) is 1.62. The monoisotopic (exact) mass is 193 g/mol. The van der Waals surface area contributed by atoms with Crippen LogP contribution in [0, 0.1) is 0 Å². The molecule has 5 nitrogen and oxygen atoms in total. The lowest BCUT2D eigenvalue weighted by Crippen LogP contribution is -2.38. The van der Waals surface area contributed by atoms with Gasteiger partial charge in [0.2, 0.25) is 10.0 Å². The molecule has 0 aromatic rings. The average Bonchev–Trinajstić information content (AvgIpc) is 2.69. The zero-order chi connectivity index (χ0) is 9.35. The lowest BCUT2D eigenvalue weighted by molar-refractivity contribution is -0.136. The number of carboxylic acids is 1. The van der Waals surface area contributed by atoms with Crippen LogP contribution in [0.4, 0.5) is 0 Å². The van der Waals surface area contributed by atoms with Gasteiger partial charge in [-0.15, -0.1) is 0 Å². The minimum absolute atomic E-state index is 0.0307. The summed E-state index contributed by atoms with van der Waals surface area (Å²) in [5, 5.41) is 7.07. The van der Waals surface area contributed by atoms with Crippen LogP contribution in [0.1, 0.15) is 19.8 Å². The fourth-order valence-electron chi connectivity index (χ4n) is 0.668. The number of carbonyl (C=O) groups is 1. The molecule has 1 saturated carbocycles. The molecule has 0 heterocycles. The molecule has 1 atom stereocenters. The van der Waals surface area contributed by atoms with E-state index in [9.17, 15) is 13.2 Å². The van der Waals surface area contributed by atoms with E-state index in [0.29, 0.717) is 0 Å². The second-order valence-electron chi connectivity index (χ2n) is 2.92. The summed E-state index contributed by atoms with van der Waals surface area (Å²) in [5.41, 5.74) is 0. The van der Waals surface area contributed by atoms with E-state index >= 15 is 0 Å². The van der Waals surface area contributed by atoms with Crippen LogP contribution in [-0.4, -0.2) is 30.8 Å². The predicted molar refractivity (Wildman–Crippen MR) is 42.2 cm³/mol. The number of nitrogens with one attached hydrogen (secondary N) is 1. The maximum absolute atomic E-state index is 11.1. The SMILES string of the molecule is CC(C(=O)O)S(=O)(=O)NC1CC1. The lowest BCUT2D eigenvalue weighted by Gasteiger charge is -2.08. The van der Waals surface area contributed by atoms with Crippen molar-refractivity contribution in [3.05, 3.63) is 0 Å². The Morgan fingerprint density at radius 1 is 1.58 bits per heavy atom. The molecule has 0 radical (unpaired) electrons. The van der Waals surface area contributed by atoms with Crippen molar-refractivity contribution in [1.29, 1.82) is 0 Å². The normalized spacial score (nSPS) is 20.4. The molecule has 0 aromatic carbocycles. The third-order valence-electron chi connectivity index (χ3n) is 1.72. The maximum Gasteiger partial charge on any atom is 0.323 e. The maximum atomic E-state index is 11.1. The van der Waals surface area contributed by atoms with E-state index in [2.05, 4.69) is 4.72 Å². The smallest absolute Gasteiger partial charge is 0.323 e. The molecular weight excluding hydrogens is 182 g/mol. The molecule has 1 rings (SSSR count). The van der Waals surface area contributed by atoms with Gasteiger partial charge in [0, 0.05) is 6.04 Å². The molecule has 2 N–H and O–H groups in total. The Morgan fingerprint density at radius 3 is 2.42 bits per heavy atom. The predicted octanol–water partition coefficient (Wildman–Crippen LogP) is -0.459. The molecule has 1 aliphatic rings. The number of carboxylic acid groups (broad SMARTS) is 1. The summed E-state index contributed by atoms with van der Waals surface area (Å²) in [7, 11) is -3.65. The quantitative estimate of drug-likeness (QED) is 0.633. The molecule has 6 heteroatoms. The minimum Gasteiger partial charge on any atom is -0.480 e. The van der Waals surface area contributed by atoms with Gasteiger partial charge in [-0.3, -0.25) is 4.79 Å². The van der Waals surface area contributed by atoms with Crippen molar-refractivity contribution in [2.24, 2.45) is 0 Å². The first kappa shape index (κ1) is 9.47. The molecule has 0 aliphatic heterocycles. The Morgan fingerprint density at radius 2 is 2.08 bits per heavy atom. The fourth-order valence-corrected chi connectivity index (χ4v) is 1.84. The van der Waals surface area contributed by atoms with Crippen LogP contribution in [0.5, 0.6) is 0 Å². The van der Waals surface area contributed by atoms with Gasteiger partial charge in [0.15, 0.2) is 5.25 Å². The molecule has 0 amide bonds. The molecule has 0 spiro atoms. The van der Waals surface area contributed by atoms with Gasteiger partial charge in [0.25, 0.3) is 0 Å². The summed E-state index contributed by atoms with van der Waals surface area (Å²) in [5.74, 6) is -1.32. The van der Waals surface area contributed by atoms with Crippen molar-refractivity contribution in [3.63, 3.8) is 0 Å². The van der Waals surface area contributed by atoms with Crippen molar-refractivity contribution in [2.75, 3.05) is 0 Å². The highest BCUT2D eigenvalue weighted by molar-refractivity contribution is 7.90. The van der Waals surface area contributed by atoms with E-state index in [-0.39, 0.29) is 6.04 Å². The van der Waals surface area contributed by atoms with E-state index in [1.165, 1.54) is 0 Å². The van der Waals surface area contributed by atoms with Crippen molar-refractivity contribution in [2.45, 2.75) is 31.1 Å². The Kier molecular flexibility index (Phi) is 2.39. The number of sulfonamides is 1. The fraction of sp³-hybridized carbons (Fsp3) is 0.833. The van der Waals surface area contributed by atoms with Crippen molar-refractivity contribution in [3.8, 4) is 0 Å². The highest BCUT2D eigenvalue weighted by Crippen LogP contribution is 2.20. The van der Waals surface area contributed by atoms with E-state index in [0.717, 1.165) is 19.8 Å². The van der Waals surface area contributed by atoms with E-state index < -0.39 is 21.2 Å². The third-order valence-corrected chi connectivity index (χ3v) is 3.52. The first-order chi connectivity index (χ1) is 5.43. The van der Waals surface area contributed by atoms with E-state index in [1.807, 2.05) is 0 Å². The zero-order valence-corrected chi connectivity index (χ0v) is 7.47. The number of rotatable bonds is 4. The molecular formula is C6H11NO4S. The summed E-state index contributed by atoms with van der Waals surface area (Å²) in [6, 6.07) is -0.0307. The summed E-state index contributed by atoms with van der Waals surface area (Å²) >= 11 is 0. The van der Waals surface area contributed by atoms with Crippen molar-refractivity contribution >= 4 is 16.0 Å². The van der Waals surface area contributed by atoms with Crippen LogP contribution < -0.4 is 4.72 Å². The van der Waals surface area contributed by atoms with Crippen LogP contribution in [0.2, 0.25) is 0 Å². The Balaban J connectivity index is 2.62. The lowest BCUT2D eigenvalue weighted by atomic mass is 10.5. The van der Waals surface area contributed by atoms with Crippen LogP contribution in [0.3, 0.4) is 0 Å². The Labute approximate surface area is 70.8 Å². The van der Waals surface area contributed by atoms with Gasteiger partial charge in [-0.05, 0) is 19.8 Å². The van der Waals surface area contributed by atoms with Gasteiger partial charge >= 0.3 is 5.97 Å². The second kappa shape index (κ2) is 3.02. The Hall–Kier alpha value is -0.620. The van der Waals surface area contributed by atoms with Crippen LogP contribution in [-0.2, 0) is 14.8 Å². The molecule has 1 unspecified atom stereocenters. The largest absolute Gasteiger partial charge is 0.480 e. The number of aliphatic carboxylic acids is 1. The first-order valence-corrected chi connectivity index (χ1v) is 5.22. The standard InChI is InChI=1S/C6H11NO4S/c1-4(6(8)9)12(10,11)7-5-2-3-5/h4-5,7H,2-3H2,1H3,(H,8,9). The number of hydrogen-bond donors (Lipinski definition) is 2. The average molecular weight is 193 g/mol. The minimum atomic E-state index is -3.65. The highest BCUT2D eigenvalue weighted by atomic mass is 32.2. The first-order valence-electron chi connectivity index (χ1n) is 3.67.